The molecule has 0 fully saturated rings. The standard InChI is InChI=1S/C15H9BrN4OS/c16-12-3-1-9(2-4-12)13(21)8-22-15-11(7-18)5-10(6-17)14(19)20-15/h1-5H,8H2,(H2,19,20)/p+1. The maximum absolute atomic E-state index is 12.1. The summed E-state index contributed by atoms with van der Waals surface area (Å²) in [6, 6.07) is 12.4. The van der Waals surface area contributed by atoms with Gasteiger partial charge in [0.1, 0.15) is 23.3 Å². The Kier molecular flexibility index (Phi) is 5.16. The van der Waals surface area contributed by atoms with Gasteiger partial charge in [-0.2, -0.15) is 10.5 Å². The highest BCUT2D eigenvalue weighted by Gasteiger charge is 2.16. The molecule has 0 aliphatic rings. The second-order valence-electron chi connectivity index (χ2n) is 4.28. The summed E-state index contributed by atoms with van der Waals surface area (Å²) in [7, 11) is 0. The topological polar surface area (TPSA) is 105 Å². The summed E-state index contributed by atoms with van der Waals surface area (Å²) in [5.74, 6) is 0.288. The summed E-state index contributed by atoms with van der Waals surface area (Å²) < 4.78 is 0.900. The van der Waals surface area contributed by atoms with Crippen molar-refractivity contribution in [2.45, 2.75) is 5.03 Å². The number of H-pyrrole nitrogens is 1. The highest BCUT2D eigenvalue weighted by atomic mass is 79.9. The third-order valence-electron chi connectivity index (χ3n) is 2.83. The molecular formula is C15H10BrN4OS+. The number of benzene rings is 1. The van der Waals surface area contributed by atoms with E-state index in [0.717, 1.165) is 4.47 Å². The molecule has 0 bridgehead atoms. The number of pyridine rings is 1. The van der Waals surface area contributed by atoms with E-state index in [0.29, 0.717) is 16.2 Å². The summed E-state index contributed by atoms with van der Waals surface area (Å²) in [6.07, 6.45) is 0. The maximum atomic E-state index is 12.1. The molecule has 1 aromatic heterocycles. The highest BCUT2D eigenvalue weighted by Crippen LogP contribution is 2.21. The number of hydrogen-bond acceptors (Lipinski definition) is 5. The van der Waals surface area contributed by atoms with Gasteiger partial charge < -0.3 is 0 Å². The molecule has 0 aliphatic carbocycles. The quantitative estimate of drug-likeness (QED) is 0.654. The van der Waals surface area contributed by atoms with Gasteiger partial charge in [-0.1, -0.05) is 39.8 Å². The first-order chi connectivity index (χ1) is 10.5. The second-order valence-corrected chi connectivity index (χ2v) is 6.18. The monoisotopic (exact) mass is 373 g/mol. The molecule has 22 heavy (non-hydrogen) atoms. The molecule has 2 rings (SSSR count). The van der Waals surface area contributed by atoms with E-state index < -0.39 is 0 Å². The van der Waals surface area contributed by atoms with Crippen LogP contribution in [0.4, 0.5) is 5.82 Å². The number of nitriles is 2. The zero-order valence-electron chi connectivity index (χ0n) is 11.3. The van der Waals surface area contributed by atoms with E-state index >= 15 is 0 Å². The Labute approximate surface area is 139 Å². The molecule has 0 aliphatic heterocycles. The van der Waals surface area contributed by atoms with Crippen molar-refractivity contribution in [1.29, 1.82) is 10.5 Å². The Morgan fingerprint density at radius 2 is 1.86 bits per heavy atom. The molecular weight excluding hydrogens is 364 g/mol. The molecule has 0 amide bonds. The number of halogens is 1. The second kappa shape index (κ2) is 7.08. The predicted octanol–water partition coefficient (Wildman–Crippen LogP) is 2.56. The van der Waals surface area contributed by atoms with E-state index in [1.54, 1.807) is 24.3 Å². The maximum Gasteiger partial charge on any atom is 0.289 e. The predicted molar refractivity (Wildman–Crippen MR) is 86.0 cm³/mol. The van der Waals surface area contributed by atoms with E-state index in [2.05, 4.69) is 20.9 Å². The lowest BCUT2D eigenvalue weighted by atomic mass is 10.2. The Balaban J connectivity index is 2.16. The molecule has 1 heterocycles. The minimum absolute atomic E-state index is 0.0577. The molecule has 0 radical (unpaired) electrons. The number of nitrogens with zero attached hydrogens (tertiary/aromatic N) is 2. The molecule has 0 saturated heterocycles. The van der Waals surface area contributed by atoms with Crippen molar-refractivity contribution < 1.29 is 9.78 Å². The molecule has 7 heteroatoms. The number of hydrogen-bond donors (Lipinski definition) is 1. The fourth-order valence-electron chi connectivity index (χ4n) is 1.69. The van der Waals surface area contributed by atoms with Crippen LogP contribution >= 0.6 is 27.7 Å². The molecule has 0 spiro atoms. The first-order valence-corrected chi connectivity index (χ1v) is 7.90. The van der Waals surface area contributed by atoms with Crippen LogP contribution in [0.25, 0.3) is 0 Å². The zero-order valence-corrected chi connectivity index (χ0v) is 13.7. The number of thioether (sulfide) groups is 1. The number of carbonyl (C=O) groups excluding carboxylic acids is 1. The van der Waals surface area contributed by atoms with E-state index in [1.807, 2.05) is 12.1 Å². The fourth-order valence-corrected chi connectivity index (χ4v) is 2.84. The van der Waals surface area contributed by atoms with Crippen LogP contribution in [-0.4, -0.2) is 11.5 Å². The number of aromatic amines is 1. The molecule has 108 valence electrons. The number of Topliss-reactive ketones (excluding diaryl/α,β-unsaturated/α-hetero) is 1. The summed E-state index contributed by atoms with van der Waals surface area (Å²) in [5.41, 5.74) is 6.79. The summed E-state index contributed by atoms with van der Waals surface area (Å²) >= 11 is 4.50. The van der Waals surface area contributed by atoms with Gasteiger partial charge in [-0.15, -0.1) is 0 Å². The van der Waals surface area contributed by atoms with Crippen molar-refractivity contribution in [3.8, 4) is 12.1 Å². The highest BCUT2D eigenvalue weighted by molar-refractivity contribution is 9.10. The summed E-state index contributed by atoms with van der Waals surface area (Å²) in [4.78, 5) is 14.9. The van der Waals surface area contributed by atoms with Gasteiger partial charge in [0.25, 0.3) is 5.82 Å². The summed E-state index contributed by atoms with van der Waals surface area (Å²) in [6.45, 7) is 0. The van der Waals surface area contributed by atoms with E-state index in [4.69, 9.17) is 16.3 Å². The molecule has 0 unspecified atom stereocenters. The van der Waals surface area contributed by atoms with Gasteiger partial charge in [0, 0.05) is 10.0 Å². The average Bonchev–Trinajstić information content (AvgIpc) is 2.53. The lowest BCUT2D eigenvalue weighted by Crippen LogP contribution is -2.17. The van der Waals surface area contributed by atoms with Gasteiger partial charge >= 0.3 is 0 Å². The van der Waals surface area contributed by atoms with Gasteiger partial charge in [0.15, 0.2) is 10.8 Å². The molecule has 1 aromatic carbocycles. The Hall–Kier alpha value is -2.35. The molecule has 2 aromatic rings. The fraction of sp³-hybridized carbons (Fsp3) is 0.0667. The van der Waals surface area contributed by atoms with Crippen molar-refractivity contribution in [2.75, 3.05) is 11.5 Å². The van der Waals surface area contributed by atoms with Crippen LogP contribution in [0.15, 0.2) is 39.8 Å². The minimum atomic E-state index is -0.0577. The van der Waals surface area contributed by atoms with Gasteiger partial charge in [0.05, 0.1) is 5.75 Å². The van der Waals surface area contributed by atoms with Gasteiger partial charge in [-0.05, 0) is 18.2 Å². The Morgan fingerprint density at radius 3 is 2.45 bits per heavy atom. The summed E-state index contributed by atoms with van der Waals surface area (Å²) in [5, 5.41) is 18.5. The van der Waals surface area contributed by atoms with Crippen LogP contribution in [0.2, 0.25) is 0 Å². The van der Waals surface area contributed by atoms with Crippen molar-refractivity contribution in [3.05, 3.63) is 51.5 Å². The van der Waals surface area contributed by atoms with E-state index in [1.165, 1.54) is 17.8 Å². The van der Waals surface area contributed by atoms with Crippen LogP contribution in [-0.2, 0) is 0 Å². The van der Waals surface area contributed by atoms with Crippen molar-refractivity contribution in [1.82, 2.24) is 0 Å². The lowest BCUT2D eigenvalue weighted by Gasteiger charge is -2.03. The lowest BCUT2D eigenvalue weighted by molar-refractivity contribution is -0.410. The van der Waals surface area contributed by atoms with Crippen molar-refractivity contribution >= 4 is 39.3 Å². The zero-order chi connectivity index (χ0) is 16.1. The van der Waals surface area contributed by atoms with Gasteiger partial charge in [-0.25, -0.2) is 4.98 Å². The minimum Gasteiger partial charge on any atom is -0.293 e. The van der Waals surface area contributed by atoms with Crippen LogP contribution < -0.4 is 10.7 Å². The molecule has 3 N–H and O–H groups in total. The number of nitrogen functional groups attached to an aromatic ring is 1. The third-order valence-corrected chi connectivity index (χ3v) is 4.37. The molecule has 0 saturated carbocycles. The molecule has 0 atom stereocenters. The third kappa shape index (κ3) is 3.64. The number of aromatic nitrogens is 1. The number of ketones is 1. The number of carbonyl (C=O) groups is 1. The average molecular weight is 374 g/mol. The molecule has 5 nitrogen and oxygen atoms in total. The van der Waals surface area contributed by atoms with Crippen LogP contribution in [0.1, 0.15) is 21.5 Å². The van der Waals surface area contributed by atoms with Crippen molar-refractivity contribution in [2.24, 2.45) is 0 Å². The normalized spacial score (nSPS) is 9.77. The van der Waals surface area contributed by atoms with E-state index in [-0.39, 0.29) is 22.9 Å². The Morgan fingerprint density at radius 1 is 1.23 bits per heavy atom. The first kappa shape index (κ1) is 16.0. The largest absolute Gasteiger partial charge is 0.293 e. The Bertz CT molecular complexity index is 806. The smallest absolute Gasteiger partial charge is 0.289 e. The van der Waals surface area contributed by atoms with Crippen molar-refractivity contribution in [3.63, 3.8) is 0 Å². The van der Waals surface area contributed by atoms with E-state index in [9.17, 15) is 4.79 Å². The van der Waals surface area contributed by atoms with Gasteiger partial charge in [-0.3, -0.25) is 10.5 Å². The number of nitrogens with two attached hydrogens (primary N) is 1. The number of anilines is 1. The number of rotatable bonds is 4. The first-order valence-electron chi connectivity index (χ1n) is 6.12. The van der Waals surface area contributed by atoms with Gasteiger partial charge in [0.2, 0.25) is 0 Å². The van der Waals surface area contributed by atoms with Crippen LogP contribution in [0.5, 0.6) is 0 Å². The van der Waals surface area contributed by atoms with Crippen LogP contribution in [0.3, 0.4) is 0 Å². The van der Waals surface area contributed by atoms with Crippen LogP contribution in [0, 0.1) is 22.7 Å². The number of nitrogens with one attached hydrogen (secondary N) is 1. The SMILES string of the molecule is N#Cc1cc(C#N)c(SCC(=O)c2ccc(Br)cc2)[nH+]c1N.